The monoisotopic (exact) mass is 396 g/mol. The van der Waals surface area contributed by atoms with Gasteiger partial charge in [0, 0.05) is 58.2 Å². The van der Waals surface area contributed by atoms with Gasteiger partial charge in [-0.05, 0) is 30.9 Å². The van der Waals surface area contributed by atoms with Gasteiger partial charge in [-0.2, -0.15) is 0 Å². The van der Waals surface area contributed by atoms with Crippen molar-refractivity contribution in [3.63, 3.8) is 0 Å². The summed E-state index contributed by atoms with van der Waals surface area (Å²) in [6, 6.07) is 3.52. The van der Waals surface area contributed by atoms with Crippen LogP contribution in [0.15, 0.2) is 34.4 Å². The quantitative estimate of drug-likeness (QED) is 0.339. The molecule has 27 heavy (non-hydrogen) atoms. The fourth-order valence-corrected chi connectivity index (χ4v) is 4.11. The van der Waals surface area contributed by atoms with Crippen LogP contribution in [0.25, 0.3) is 0 Å². The second kappa shape index (κ2) is 10.6. The van der Waals surface area contributed by atoms with Gasteiger partial charge in [0.25, 0.3) is 0 Å². The van der Waals surface area contributed by atoms with Crippen LogP contribution < -0.4 is 15.4 Å². The third kappa shape index (κ3) is 7.43. The predicted octanol–water partition coefficient (Wildman–Crippen LogP) is 0.645. The molecule has 1 aromatic heterocycles. The van der Waals surface area contributed by atoms with E-state index in [0.29, 0.717) is 24.5 Å². The molecule has 0 unspecified atom stereocenters. The summed E-state index contributed by atoms with van der Waals surface area (Å²) in [5.74, 6) is 1.40. The summed E-state index contributed by atoms with van der Waals surface area (Å²) < 4.78 is 26.8. The van der Waals surface area contributed by atoms with Gasteiger partial charge in [-0.3, -0.25) is 9.98 Å². The standard InChI is InChI=1S/C18H32N6O2S/c1-15(2)14-24-11-6-16(7-12-24)23-18(19-3)21-9-10-22-27(25,26)17-5-4-8-20-13-17/h4-5,8,13,15-16,22H,6-7,9-12,14H2,1-3H3,(H2,19,21,23). The van der Waals surface area contributed by atoms with Crippen LogP contribution in [-0.4, -0.2) is 70.1 Å². The highest BCUT2D eigenvalue weighted by Crippen LogP contribution is 2.12. The van der Waals surface area contributed by atoms with Crippen LogP contribution in [0.4, 0.5) is 0 Å². The number of hydrogen-bond acceptors (Lipinski definition) is 5. The molecule has 2 rings (SSSR count). The van der Waals surface area contributed by atoms with E-state index in [1.807, 2.05) is 0 Å². The van der Waals surface area contributed by atoms with Crippen molar-refractivity contribution in [3.05, 3.63) is 24.5 Å². The molecule has 0 aliphatic carbocycles. The van der Waals surface area contributed by atoms with E-state index in [1.54, 1.807) is 19.3 Å². The Bertz CT molecular complexity index is 685. The second-order valence-corrected chi connectivity index (χ2v) is 8.97. The van der Waals surface area contributed by atoms with Crippen LogP contribution in [0.1, 0.15) is 26.7 Å². The van der Waals surface area contributed by atoms with Crippen molar-refractivity contribution in [3.8, 4) is 0 Å². The molecule has 0 saturated carbocycles. The average Bonchev–Trinajstić information content (AvgIpc) is 2.66. The smallest absolute Gasteiger partial charge is 0.242 e. The molecule has 0 bridgehead atoms. The van der Waals surface area contributed by atoms with Crippen molar-refractivity contribution in [1.82, 2.24) is 25.2 Å². The molecule has 1 aromatic rings. The number of piperidine rings is 1. The fourth-order valence-electron chi connectivity index (χ4n) is 3.12. The van der Waals surface area contributed by atoms with Crippen molar-refractivity contribution in [2.45, 2.75) is 37.6 Å². The minimum Gasteiger partial charge on any atom is -0.355 e. The maximum atomic E-state index is 12.1. The molecule has 1 saturated heterocycles. The Balaban J connectivity index is 1.69. The number of aromatic nitrogens is 1. The lowest BCUT2D eigenvalue weighted by atomic mass is 10.0. The maximum Gasteiger partial charge on any atom is 0.242 e. The Morgan fingerprint density at radius 3 is 2.67 bits per heavy atom. The summed E-state index contributed by atoms with van der Waals surface area (Å²) in [4.78, 5) is 10.7. The first-order valence-electron chi connectivity index (χ1n) is 9.50. The molecule has 8 nitrogen and oxygen atoms in total. The largest absolute Gasteiger partial charge is 0.355 e. The molecule has 1 aliphatic heterocycles. The highest BCUT2D eigenvalue weighted by atomic mass is 32.2. The van der Waals surface area contributed by atoms with Crippen molar-refractivity contribution >= 4 is 16.0 Å². The number of likely N-dealkylation sites (tertiary alicyclic amines) is 1. The fraction of sp³-hybridized carbons (Fsp3) is 0.667. The molecule has 0 radical (unpaired) electrons. The number of nitrogens with zero attached hydrogens (tertiary/aromatic N) is 3. The Labute approximate surface area is 162 Å². The van der Waals surface area contributed by atoms with Crippen LogP contribution >= 0.6 is 0 Å². The summed E-state index contributed by atoms with van der Waals surface area (Å²) in [5, 5.41) is 6.60. The third-order valence-corrected chi connectivity index (χ3v) is 5.88. The van der Waals surface area contributed by atoms with Crippen LogP contribution in [0, 0.1) is 5.92 Å². The van der Waals surface area contributed by atoms with E-state index >= 15 is 0 Å². The van der Waals surface area contributed by atoms with Gasteiger partial charge >= 0.3 is 0 Å². The molecule has 0 spiro atoms. The van der Waals surface area contributed by atoms with Crippen molar-refractivity contribution in [2.24, 2.45) is 10.9 Å². The first-order valence-corrected chi connectivity index (χ1v) is 11.0. The lowest BCUT2D eigenvalue weighted by Crippen LogP contribution is -2.50. The first kappa shape index (κ1) is 21.6. The van der Waals surface area contributed by atoms with E-state index < -0.39 is 10.0 Å². The maximum absolute atomic E-state index is 12.1. The zero-order valence-corrected chi connectivity index (χ0v) is 17.3. The summed E-state index contributed by atoms with van der Waals surface area (Å²) in [6.45, 7) is 8.56. The lowest BCUT2D eigenvalue weighted by Gasteiger charge is -2.34. The second-order valence-electron chi connectivity index (χ2n) is 7.20. The van der Waals surface area contributed by atoms with Crippen molar-refractivity contribution in [2.75, 3.05) is 39.8 Å². The Hall–Kier alpha value is -1.71. The van der Waals surface area contributed by atoms with Crippen LogP contribution in [0.2, 0.25) is 0 Å². The molecular formula is C18H32N6O2S. The summed E-state index contributed by atoms with van der Waals surface area (Å²) in [7, 11) is -1.80. The number of guanidine groups is 1. The van der Waals surface area contributed by atoms with E-state index in [9.17, 15) is 8.42 Å². The van der Waals surface area contributed by atoms with E-state index in [-0.39, 0.29) is 11.4 Å². The van der Waals surface area contributed by atoms with Crippen LogP contribution in [-0.2, 0) is 10.0 Å². The normalized spacial score (nSPS) is 17.3. The molecule has 3 N–H and O–H groups in total. The summed E-state index contributed by atoms with van der Waals surface area (Å²) >= 11 is 0. The van der Waals surface area contributed by atoms with Gasteiger partial charge in [0.2, 0.25) is 10.0 Å². The number of pyridine rings is 1. The van der Waals surface area contributed by atoms with Crippen molar-refractivity contribution in [1.29, 1.82) is 0 Å². The van der Waals surface area contributed by atoms with Crippen LogP contribution in [0.5, 0.6) is 0 Å². The van der Waals surface area contributed by atoms with E-state index in [2.05, 4.69) is 44.1 Å². The molecule has 0 aromatic carbocycles. The number of nitrogens with one attached hydrogen (secondary N) is 3. The number of sulfonamides is 1. The Morgan fingerprint density at radius 2 is 2.07 bits per heavy atom. The zero-order chi connectivity index (χ0) is 19.7. The van der Waals surface area contributed by atoms with Gasteiger partial charge in [-0.1, -0.05) is 13.8 Å². The zero-order valence-electron chi connectivity index (χ0n) is 16.5. The highest BCUT2D eigenvalue weighted by molar-refractivity contribution is 7.89. The Kier molecular flexibility index (Phi) is 8.46. The number of aliphatic imine (C=N–C) groups is 1. The average molecular weight is 397 g/mol. The topological polar surface area (TPSA) is 98.7 Å². The van der Waals surface area contributed by atoms with E-state index in [4.69, 9.17) is 0 Å². The molecule has 0 amide bonds. The first-order chi connectivity index (χ1) is 12.9. The minimum absolute atomic E-state index is 0.167. The van der Waals surface area contributed by atoms with Gasteiger partial charge in [-0.25, -0.2) is 13.1 Å². The highest BCUT2D eigenvalue weighted by Gasteiger charge is 2.20. The SMILES string of the molecule is CN=C(NCCNS(=O)(=O)c1cccnc1)NC1CCN(CC(C)C)CC1. The van der Waals surface area contributed by atoms with Crippen LogP contribution in [0.3, 0.4) is 0 Å². The number of hydrogen-bond donors (Lipinski definition) is 3. The summed E-state index contributed by atoms with van der Waals surface area (Å²) in [5.41, 5.74) is 0. The van der Waals surface area contributed by atoms with Crippen molar-refractivity contribution < 1.29 is 8.42 Å². The minimum atomic E-state index is -3.53. The molecule has 152 valence electrons. The molecule has 0 atom stereocenters. The van der Waals surface area contributed by atoms with E-state index in [0.717, 1.165) is 32.5 Å². The Morgan fingerprint density at radius 1 is 1.33 bits per heavy atom. The van der Waals surface area contributed by atoms with Gasteiger partial charge in [0.1, 0.15) is 4.90 Å². The number of rotatable bonds is 8. The summed E-state index contributed by atoms with van der Waals surface area (Å²) in [6.07, 6.45) is 5.05. The predicted molar refractivity (Wildman–Crippen MR) is 108 cm³/mol. The molecule has 1 aliphatic rings. The van der Waals surface area contributed by atoms with Gasteiger partial charge in [0.15, 0.2) is 5.96 Å². The molecule has 9 heteroatoms. The lowest BCUT2D eigenvalue weighted by molar-refractivity contribution is 0.187. The third-order valence-electron chi connectivity index (χ3n) is 4.43. The van der Waals surface area contributed by atoms with Gasteiger partial charge in [0.05, 0.1) is 0 Å². The molecular weight excluding hydrogens is 364 g/mol. The van der Waals surface area contributed by atoms with Gasteiger partial charge in [-0.15, -0.1) is 0 Å². The molecule has 2 heterocycles. The van der Waals surface area contributed by atoms with Gasteiger partial charge < -0.3 is 15.5 Å². The molecule has 1 fully saturated rings. The van der Waals surface area contributed by atoms with E-state index in [1.165, 1.54) is 12.3 Å².